The Kier molecular flexibility index (Phi) is 3.66. The van der Waals surface area contributed by atoms with Gasteiger partial charge in [0.1, 0.15) is 0 Å². The molecule has 2 N–H and O–H groups in total. The van der Waals surface area contributed by atoms with E-state index in [1.165, 1.54) is 0 Å². The standard InChI is InChI=1S/C11H14O4/c1-2-4-7-5-3-6-8(10(12)13)9(7)11(14)15/h2,5,8-9H,1,3-4,6H2,(H,12,13)(H,14,15)/t8-,9+/m1/s1. The number of carboxylic acid groups (broad SMARTS) is 2. The number of rotatable bonds is 4. The average Bonchev–Trinajstić information content (AvgIpc) is 2.17. The van der Waals surface area contributed by atoms with E-state index < -0.39 is 23.8 Å². The van der Waals surface area contributed by atoms with Gasteiger partial charge in [-0.3, -0.25) is 9.59 Å². The quantitative estimate of drug-likeness (QED) is 0.692. The van der Waals surface area contributed by atoms with Crippen molar-refractivity contribution in [2.45, 2.75) is 19.3 Å². The zero-order valence-corrected chi connectivity index (χ0v) is 8.35. The first kappa shape index (κ1) is 11.5. The molecule has 0 aromatic heterocycles. The number of hydrogen-bond acceptors (Lipinski definition) is 2. The fraction of sp³-hybridized carbons (Fsp3) is 0.455. The van der Waals surface area contributed by atoms with Crippen LogP contribution in [0.2, 0.25) is 0 Å². The zero-order valence-electron chi connectivity index (χ0n) is 8.35. The molecule has 0 heterocycles. The van der Waals surface area contributed by atoms with E-state index in [0.717, 1.165) is 0 Å². The zero-order chi connectivity index (χ0) is 11.4. The molecule has 82 valence electrons. The van der Waals surface area contributed by atoms with Crippen molar-refractivity contribution in [2.75, 3.05) is 0 Å². The molecule has 0 aromatic rings. The van der Waals surface area contributed by atoms with Gasteiger partial charge in [-0.1, -0.05) is 17.7 Å². The molecule has 4 nitrogen and oxygen atoms in total. The minimum atomic E-state index is -1.06. The number of carboxylic acids is 2. The molecular weight excluding hydrogens is 196 g/mol. The Morgan fingerprint density at radius 1 is 1.47 bits per heavy atom. The van der Waals surface area contributed by atoms with Gasteiger partial charge in [-0.25, -0.2) is 0 Å². The highest BCUT2D eigenvalue weighted by molar-refractivity contribution is 5.83. The Morgan fingerprint density at radius 3 is 2.60 bits per heavy atom. The number of aliphatic carboxylic acids is 2. The van der Waals surface area contributed by atoms with E-state index in [1.54, 1.807) is 6.08 Å². The molecule has 2 atom stereocenters. The van der Waals surface area contributed by atoms with Gasteiger partial charge in [0, 0.05) is 0 Å². The van der Waals surface area contributed by atoms with Gasteiger partial charge in [0.2, 0.25) is 0 Å². The fourth-order valence-corrected chi connectivity index (χ4v) is 1.97. The summed E-state index contributed by atoms with van der Waals surface area (Å²) in [4.78, 5) is 21.9. The largest absolute Gasteiger partial charge is 0.481 e. The predicted octanol–water partition coefficient (Wildman–Crippen LogP) is 1.68. The van der Waals surface area contributed by atoms with E-state index in [1.807, 2.05) is 6.08 Å². The molecule has 0 spiro atoms. The number of allylic oxidation sites excluding steroid dienone is 2. The third-order valence-corrected chi connectivity index (χ3v) is 2.65. The molecule has 0 fully saturated rings. The number of hydrogen-bond donors (Lipinski definition) is 2. The van der Waals surface area contributed by atoms with Crippen molar-refractivity contribution in [3.05, 3.63) is 24.3 Å². The molecule has 1 rings (SSSR count). The minimum Gasteiger partial charge on any atom is -0.481 e. The Morgan fingerprint density at radius 2 is 2.13 bits per heavy atom. The van der Waals surface area contributed by atoms with Crippen molar-refractivity contribution in [3.63, 3.8) is 0 Å². The first-order chi connectivity index (χ1) is 7.07. The highest BCUT2D eigenvalue weighted by atomic mass is 16.4. The van der Waals surface area contributed by atoms with Crippen LogP contribution in [0.15, 0.2) is 24.3 Å². The molecule has 4 heteroatoms. The van der Waals surface area contributed by atoms with Crippen molar-refractivity contribution in [1.82, 2.24) is 0 Å². The topological polar surface area (TPSA) is 74.6 Å². The van der Waals surface area contributed by atoms with Crippen LogP contribution in [0.4, 0.5) is 0 Å². The van der Waals surface area contributed by atoms with Crippen LogP contribution in [0.3, 0.4) is 0 Å². The summed E-state index contributed by atoms with van der Waals surface area (Å²) in [5.41, 5.74) is 0.663. The molecular formula is C11H14O4. The molecule has 1 aliphatic carbocycles. The van der Waals surface area contributed by atoms with Gasteiger partial charge in [0.15, 0.2) is 0 Å². The first-order valence-electron chi connectivity index (χ1n) is 4.83. The first-order valence-corrected chi connectivity index (χ1v) is 4.83. The fourth-order valence-electron chi connectivity index (χ4n) is 1.97. The summed E-state index contributed by atoms with van der Waals surface area (Å²) in [6, 6.07) is 0. The molecule has 0 bridgehead atoms. The highest BCUT2D eigenvalue weighted by Gasteiger charge is 2.37. The lowest BCUT2D eigenvalue weighted by Gasteiger charge is -2.26. The van der Waals surface area contributed by atoms with Crippen LogP contribution in [0.1, 0.15) is 19.3 Å². The molecule has 0 amide bonds. The Hall–Kier alpha value is -1.58. The summed E-state index contributed by atoms with van der Waals surface area (Å²) >= 11 is 0. The SMILES string of the molecule is C=CCC1=CCC[C@@H](C(=O)O)[C@H]1C(=O)O. The number of carbonyl (C=O) groups is 2. The summed E-state index contributed by atoms with van der Waals surface area (Å²) in [6.07, 6.45) is 4.89. The monoisotopic (exact) mass is 210 g/mol. The van der Waals surface area contributed by atoms with Crippen LogP contribution in [0, 0.1) is 11.8 Å². The molecule has 0 radical (unpaired) electrons. The van der Waals surface area contributed by atoms with E-state index in [2.05, 4.69) is 6.58 Å². The van der Waals surface area contributed by atoms with Crippen LogP contribution in [0.5, 0.6) is 0 Å². The lowest BCUT2D eigenvalue weighted by atomic mass is 9.77. The van der Waals surface area contributed by atoms with Crippen LogP contribution in [-0.4, -0.2) is 22.2 Å². The molecule has 1 aliphatic rings. The van der Waals surface area contributed by atoms with E-state index in [4.69, 9.17) is 10.2 Å². The average molecular weight is 210 g/mol. The van der Waals surface area contributed by atoms with Gasteiger partial charge >= 0.3 is 11.9 Å². The molecule has 0 saturated heterocycles. The second kappa shape index (κ2) is 4.77. The molecule has 0 saturated carbocycles. The smallest absolute Gasteiger partial charge is 0.311 e. The summed E-state index contributed by atoms with van der Waals surface area (Å²) in [7, 11) is 0. The maximum atomic E-state index is 11.0. The Bertz CT molecular complexity index is 317. The molecule has 0 aliphatic heterocycles. The normalized spacial score (nSPS) is 25.5. The Balaban J connectivity index is 2.96. The highest BCUT2D eigenvalue weighted by Crippen LogP contribution is 2.33. The summed E-state index contributed by atoms with van der Waals surface area (Å²) in [6.45, 7) is 3.54. The van der Waals surface area contributed by atoms with Crippen molar-refractivity contribution in [2.24, 2.45) is 11.8 Å². The minimum absolute atomic E-state index is 0.396. The maximum absolute atomic E-state index is 11.0. The van der Waals surface area contributed by atoms with Crippen LogP contribution >= 0.6 is 0 Å². The lowest BCUT2D eigenvalue weighted by Crippen LogP contribution is -2.33. The van der Waals surface area contributed by atoms with E-state index >= 15 is 0 Å². The third kappa shape index (κ3) is 2.46. The van der Waals surface area contributed by atoms with Gasteiger partial charge in [0.25, 0.3) is 0 Å². The van der Waals surface area contributed by atoms with Crippen LogP contribution in [0.25, 0.3) is 0 Å². The van der Waals surface area contributed by atoms with Gasteiger partial charge in [-0.2, -0.15) is 0 Å². The lowest BCUT2D eigenvalue weighted by molar-refractivity contribution is -0.152. The van der Waals surface area contributed by atoms with Crippen LogP contribution < -0.4 is 0 Å². The molecule has 0 aromatic carbocycles. The van der Waals surface area contributed by atoms with Gasteiger partial charge in [-0.05, 0) is 19.3 Å². The van der Waals surface area contributed by atoms with E-state index in [-0.39, 0.29) is 0 Å². The summed E-state index contributed by atoms with van der Waals surface area (Å²) in [5, 5.41) is 17.9. The maximum Gasteiger partial charge on any atom is 0.311 e. The van der Waals surface area contributed by atoms with Crippen molar-refractivity contribution in [3.8, 4) is 0 Å². The second-order valence-electron chi connectivity index (χ2n) is 3.61. The Labute approximate surface area is 87.9 Å². The van der Waals surface area contributed by atoms with Crippen LogP contribution in [-0.2, 0) is 9.59 Å². The third-order valence-electron chi connectivity index (χ3n) is 2.65. The van der Waals surface area contributed by atoms with Gasteiger partial charge < -0.3 is 10.2 Å². The van der Waals surface area contributed by atoms with E-state index in [0.29, 0.717) is 24.8 Å². The summed E-state index contributed by atoms with van der Waals surface area (Å²) < 4.78 is 0. The molecule has 0 unspecified atom stereocenters. The predicted molar refractivity (Wildman–Crippen MR) is 54.4 cm³/mol. The van der Waals surface area contributed by atoms with Gasteiger partial charge in [0.05, 0.1) is 11.8 Å². The second-order valence-corrected chi connectivity index (χ2v) is 3.61. The summed E-state index contributed by atoms with van der Waals surface area (Å²) in [5.74, 6) is -3.79. The van der Waals surface area contributed by atoms with Crippen molar-refractivity contribution in [1.29, 1.82) is 0 Å². The van der Waals surface area contributed by atoms with E-state index in [9.17, 15) is 9.59 Å². The van der Waals surface area contributed by atoms with Crippen molar-refractivity contribution >= 4 is 11.9 Å². The van der Waals surface area contributed by atoms with Gasteiger partial charge in [-0.15, -0.1) is 6.58 Å². The molecule has 15 heavy (non-hydrogen) atoms. The van der Waals surface area contributed by atoms with Crippen molar-refractivity contribution < 1.29 is 19.8 Å².